The molecule has 0 atom stereocenters. The molecule has 84 valence electrons. The molecule has 3 nitrogen and oxygen atoms in total. The van der Waals surface area contributed by atoms with Gasteiger partial charge in [-0.1, -0.05) is 37.9 Å². The van der Waals surface area contributed by atoms with Crippen molar-refractivity contribution in [2.45, 2.75) is 11.3 Å². The highest BCUT2D eigenvalue weighted by Gasteiger charge is 2.12. The molecular formula is C9H11Br2NO2S. The highest BCUT2D eigenvalue weighted by atomic mass is 79.9. The first-order chi connectivity index (χ1) is 7.06. The number of sulfonamides is 1. The summed E-state index contributed by atoms with van der Waals surface area (Å²) in [6.45, 7) is 0.445. The van der Waals surface area contributed by atoms with Gasteiger partial charge in [0.2, 0.25) is 10.0 Å². The molecule has 1 rings (SSSR count). The molecule has 6 heteroatoms. The third kappa shape index (κ3) is 4.22. The summed E-state index contributed by atoms with van der Waals surface area (Å²) >= 11 is 6.48. The van der Waals surface area contributed by atoms with E-state index in [0.717, 1.165) is 16.2 Å². The predicted octanol–water partition coefficient (Wildman–Crippen LogP) is 2.51. The standard InChI is InChI=1S/C9H11Br2NO2S/c10-5-2-6-12-15(13,14)9-4-1-3-8(11)7-9/h1,3-4,7,12H,2,5-6H2. The second-order valence-electron chi connectivity index (χ2n) is 2.90. The fourth-order valence-electron chi connectivity index (χ4n) is 0.991. The molecule has 0 heterocycles. The van der Waals surface area contributed by atoms with Crippen LogP contribution < -0.4 is 4.72 Å². The maximum absolute atomic E-state index is 11.7. The summed E-state index contributed by atoms with van der Waals surface area (Å²) in [5.74, 6) is 0. The van der Waals surface area contributed by atoms with E-state index < -0.39 is 10.0 Å². The monoisotopic (exact) mass is 355 g/mol. The van der Waals surface area contributed by atoms with Gasteiger partial charge in [-0.2, -0.15) is 0 Å². The number of nitrogens with one attached hydrogen (secondary N) is 1. The van der Waals surface area contributed by atoms with Crippen molar-refractivity contribution in [1.82, 2.24) is 4.72 Å². The number of hydrogen-bond acceptors (Lipinski definition) is 2. The molecule has 0 spiro atoms. The van der Waals surface area contributed by atoms with Crippen molar-refractivity contribution >= 4 is 41.9 Å². The van der Waals surface area contributed by atoms with Gasteiger partial charge >= 0.3 is 0 Å². The zero-order chi connectivity index (χ0) is 11.3. The lowest BCUT2D eigenvalue weighted by atomic mass is 10.4. The Morgan fingerprint density at radius 3 is 2.67 bits per heavy atom. The van der Waals surface area contributed by atoms with E-state index in [1.165, 1.54) is 0 Å². The molecule has 0 aliphatic carbocycles. The van der Waals surface area contributed by atoms with Crippen LogP contribution in [0, 0.1) is 0 Å². The molecule has 15 heavy (non-hydrogen) atoms. The minimum Gasteiger partial charge on any atom is -0.211 e. The third-order valence-corrected chi connectivity index (χ3v) is 4.22. The van der Waals surface area contributed by atoms with E-state index in [1.54, 1.807) is 24.3 Å². The zero-order valence-electron chi connectivity index (χ0n) is 7.91. The van der Waals surface area contributed by atoms with Crippen LogP contribution >= 0.6 is 31.9 Å². The summed E-state index contributed by atoms with van der Waals surface area (Å²) in [4.78, 5) is 0.284. The first-order valence-electron chi connectivity index (χ1n) is 4.37. The van der Waals surface area contributed by atoms with E-state index in [0.29, 0.717) is 6.54 Å². The largest absolute Gasteiger partial charge is 0.240 e. The Morgan fingerprint density at radius 2 is 2.07 bits per heavy atom. The second-order valence-corrected chi connectivity index (χ2v) is 6.37. The van der Waals surface area contributed by atoms with Crippen LogP contribution in [0.4, 0.5) is 0 Å². The van der Waals surface area contributed by atoms with Crippen molar-refractivity contribution in [3.63, 3.8) is 0 Å². The molecule has 1 aromatic carbocycles. The summed E-state index contributed by atoms with van der Waals surface area (Å²) in [5.41, 5.74) is 0. The number of rotatable bonds is 5. The van der Waals surface area contributed by atoms with Crippen LogP contribution in [0.5, 0.6) is 0 Å². The van der Waals surface area contributed by atoms with Gasteiger partial charge in [-0.05, 0) is 24.6 Å². The topological polar surface area (TPSA) is 46.2 Å². The van der Waals surface area contributed by atoms with Crippen LogP contribution in [0.2, 0.25) is 0 Å². The van der Waals surface area contributed by atoms with Gasteiger partial charge in [0.05, 0.1) is 4.90 Å². The maximum Gasteiger partial charge on any atom is 0.240 e. The minimum absolute atomic E-state index is 0.284. The summed E-state index contributed by atoms with van der Waals surface area (Å²) in [5, 5.41) is 0.786. The molecule has 1 aromatic rings. The molecule has 1 N–H and O–H groups in total. The third-order valence-electron chi connectivity index (χ3n) is 1.71. The Balaban J connectivity index is 2.77. The van der Waals surface area contributed by atoms with Crippen LogP contribution in [0.25, 0.3) is 0 Å². The zero-order valence-corrected chi connectivity index (χ0v) is 11.9. The van der Waals surface area contributed by atoms with Crippen molar-refractivity contribution in [3.05, 3.63) is 28.7 Å². The number of hydrogen-bond donors (Lipinski definition) is 1. The molecule has 0 aliphatic heterocycles. The predicted molar refractivity (Wildman–Crippen MR) is 67.7 cm³/mol. The van der Waals surface area contributed by atoms with E-state index in [1.807, 2.05) is 0 Å². The highest BCUT2D eigenvalue weighted by molar-refractivity contribution is 9.10. The van der Waals surface area contributed by atoms with Crippen LogP contribution in [0.3, 0.4) is 0 Å². The van der Waals surface area contributed by atoms with Gasteiger partial charge in [0.1, 0.15) is 0 Å². The van der Waals surface area contributed by atoms with Crippen LogP contribution in [0.1, 0.15) is 6.42 Å². The van der Waals surface area contributed by atoms with Gasteiger partial charge < -0.3 is 0 Å². The molecule has 0 fully saturated rings. The molecule has 0 aliphatic rings. The van der Waals surface area contributed by atoms with Crippen molar-refractivity contribution in [2.75, 3.05) is 11.9 Å². The molecule has 0 saturated heterocycles. The molecule has 0 radical (unpaired) electrons. The molecule has 0 unspecified atom stereocenters. The van der Waals surface area contributed by atoms with Crippen molar-refractivity contribution in [1.29, 1.82) is 0 Å². The smallest absolute Gasteiger partial charge is 0.211 e. The highest BCUT2D eigenvalue weighted by Crippen LogP contribution is 2.15. The Morgan fingerprint density at radius 1 is 1.33 bits per heavy atom. The number of alkyl halides is 1. The van der Waals surface area contributed by atoms with Gasteiger partial charge in [0.25, 0.3) is 0 Å². The van der Waals surface area contributed by atoms with E-state index in [2.05, 4.69) is 36.6 Å². The molecule has 0 saturated carbocycles. The molecular weight excluding hydrogens is 346 g/mol. The Hall–Kier alpha value is 0.0900. The van der Waals surface area contributed by atoms with Gasteiger partial charge in [-0.3, -0.25) is 0 Å². The van der Waals surface area contributed by atoms with Gasteiger partial charge in [-0.15, -0.1) is 0 Å². The Bertz CT molecular complexity index is 420. The average molecular weight is 357 g/mol. The quantitative estimate of drug-likeness (QED) is 0.650. The Labute approximate surface area is 107 Å². The lowest BCUT2D eigenvalue weighted by Gasteiger charge is -2.05. The van der Waals surface area contributed by atoms with Crippen LogP contribution in [-0.4, -0.2) is 20.3 Å². The fourth-order valence-corrected chi connectivity index (χ4v) is 2.94. The lowest BCUT2D eigenvalue weighted by molar-refractivity contribution is 0.581. The van der Waals surface area contributed by atoms with E-state index in [-0.39, 0.29) is 4.90 Å². The number of halogens is 2. The SMILES string of the molecule is O=S(=O)(NCCCBr)c1cccc(Br)c1. The lowest BCUT2D eigenvalue weighted by Crippen LogP contribution is -2.24. The first kappa shape index (κ1) is 13.2. The van der Waals surface area contributed by atoms with Crippen molar-refractivity contribution in [3.8, 4) is 0 Å². The van der Waals surface area contributed by atoms with Crippen LogP contribution in [0.15, 0.2) is 33.6 Å². The summed E-state index contributed by atoms with van der Waals surface area (Å²) in [7, 11) is -3.36. The Kier molecular flexibility index (Phi) is 5.25. The molecule has 0 amide bonds. The first-order valence-corrected chi connectivity index (χ1v) is 7.77. The van der Waals surface area contributed by atoms with E-state index in [4.69, 9.17) is 0 Å². The fraction of sp³-hybridized carbons (Fsp3) is 0.333. The molecule has 0 aromatic heterocycles. The average Bonchev–Trinajstić information content (AvgIpc) is 2.18. The normalized spacial score (nSPS) is 11.6. The van der Waals surface area contributed by atoms with Crippen molar-refractivity contribution in [2.24, 2.45) is 0 Å². The number of benzene rings is 1. The van der Waals surface area contributed by atoms with E-state index in [9.17, 15) is 8.42 Å². The summed E-state index contributed by atoms with van der Waals surface area (Å²) in [6.07, 6.45) is 0.771. The maximum atomic E-state index is 11.7. The second kappa shape index (κ2) is 5.98. The van der Waals surface area contributed by atoms with Gasteiger partial charge in [-0.25, -0.2) is 13.1 Å². The van der Waals surface area contributed by atoms with Crippen molar-refractivity contribution < 1.29 is 8.42 Å². The van der Waals surface area contributed by atoms with Gasteiger partial charge in [0, 0.05) is 16.3 Å². The minimum atomic E-state index is -3.36. The molecule has 0 bridgehead atoms. The summed E-state index contributed by atoms with van der Waals surface area (Å²) in [6, 6.07) is 6.64. The summed E-state index contributed by atoms with van der Waals surface area (Å²) < 4.78 is 26.7. The van der Waals surface area contributed by atoms with Gasteiger partial charge in [0.15, 0.2) is 0 Å². The van der Waals surface area contributed by atoms with E-state index >= 15 is 0 Å². The van der Waals surface area contributed by atoms with Crippen LogP contribution in [-0.2, 0) is 10.0 Å².